The van der Waals surface area contributed by atoms with Gasteiger partial charge in [0, 0.05) is 19.7 Å². The van der Waals surface area contributed by atoms with Crippen LogP contribution >= 0.6 is 11.3 Å². The zero-order valence-electron chi connectivity index (χ0n) is 10.9. The zero-order chi connectivity index (χ0) is 14.1. The Morgan fingerprint density at radius 2 is 2.05 bits per heavy atom. The molecule has 0 atom stereocenters. The van der Waals surface area contributed by atoms with Crippen LogP contribution in [0.25, 0.3) is 21.3 Å². The fourth-order valence-electron chi connectivity index (χ4n) is 1.63. The highest BCUT2D eigenvalue weighted by Crippen LogP contribution is 2.32. The van der Waals surface area contributed by atoms with E-state index in [9.17, 15) is 4.39 Å². The highest BCUT2D eigenvalue weighted by Gasteiger charge is 2.15. The van der Waals surface area contributed by atoms with Crippen LogP contribution in [0.4, 0.5) is 10.3 Å². The lowest BCUT2D eigenvalue weighted by atomic mass is 10.2. The molecule has 0 aliphatic carbocycles. The molecule has 0 aliphatic rings. The molecule has 0 bridgehead atoms. The van der Waals surface area contributed by atoms with Crippen LogP contribution in [0.15, 0.2) is 35.0 Å². The summed E-state index contributed by atoms with van der Waals surface area (Å²) in [5.41, 5.74) is 0.469. The molecule has 0 radical (unpaired) electrons. The number of aromatic nitrogens is 3. The Hall–Kier alpha value is -2.28. The number of hydrogen-bond acceptors (Lipinski definition) is 6. The highest BCUT2D eigenvalue weighted by atomic mass is 32.1. The third-order valence-corrected chi connectivity index (χ3v) is 3.65. The topological polar surface area (TPSA) is 55.1 Å². The Bertz CT molecular complexity index is 737. The minimum absolute atomic E-state index is 0.298. The van der Waals surface area contributed by atoms with E-state index in [1.54, 1.807) is 29.3 Å². The van der Waals surface area contributed by atoms with Gasteiger partial charge in [0.15, 0.2) is 0 Å². The first-order valence-corrected chi connectivity index (χ1v) is 6.69. The van der Waals surface area contributed by atoms with Crippen molar-refractivity contribution in [2.45, 2.75) is 0 Å². The molecule has 0 amide bonds. The van der Waals surface area contributed by atoms with Gasteiger partial charge in [-0.3, -0.25) is 0 Å². The molecule has 2 aromatic heterocycles. The first-order chi connectivity index (χ1) is 9.65. The standard InChI is InChI=1S/C13H11FN4OS/c1-18(2)13-16-11(19-17-13)10-7-15-12(20-10)8-5-3-4-6-9(8)14/h3-7H,1-2H3. The first-order valence-electron chi connectivity index (χ1n) is 5.87. The summed E-state index contributed by atoms with van der Waals surface area (Å²) < 4.78 is 18.9. The third kappa shape index (κ3) is 2.27. The van der Waals surface area contributed by atoms with Gasteiger partial charge in [0.1, 0.15) is 15.7 Å². The summed E-state index contributed by atoms with van der Waals surface area (Å²) >= 11 is 1.31. The number of rotatable bonds is 3. The van der Waals surface area contributed by atoms with Gasteiger partial charge in [0.05, 0.1) is 6.20 Å². The van der Waals surface area contributed by atoms with E-state index in [0.29, 0.717) is 27.3 Å². The Morgan fingerprint density at radius 1 is 1.25 bits per heavy atom. The Labute approximate surface area is 118 Å². The van der Waals surface area contributed by atoms with Gasteiger partial charge in [0.25, 0.3) is 11.8 Å². The van der Waals surface area contributed by atoms with Crippen molar-refractivity contribution in [3.8, 4) is 21.3 Å². The molecule has 102 valence electrons. The molecule has 0 spiro atoms. The highest BCUT2D eigenvalue weighted by molar-refractivity contribution is 7.18. The van der Waals surface area contributed by atoms with Crippen molar-refractivity contribution in [1.82, 2.24) is 15.1 Å². The number of nitrogens with zero attached hydrogens (tertiary/aromatic N) is 4. The molecule has 5 nitrogen and oxygen atoms in total. The molecule has 0 unspecified atom stereocenters. The molecule has 3 rings (SSSR count). The Balaban J connectivity index is 1.96. The van der Waals surface area contributed by atoms with E-state index in [0.717, 1.165) is 0 Å². The monoisotopic (exact) mass is 290 g/mol. The van der Waals surface area contributed by atoms with Gasteiger partial charge in [-0.25, -0.2) is 9.37 Å². The van der Waals surface area contributed by atoms with E-state index in [2.05, 4.69) is 15.1 Å². The molecule has 0 aliphatic heterocycles. The van der Waals surface area contributed by atoms with Crippen LogP contribution in [-0.4, -0.2) is 29.2 Å². The summed E-state index contributed by atoms with van der Waals surface area (Å²) in [5, 5.41) is 4.42. The van der Waals surface area contributed by atoms with Crippen molar-refractivity contribution in [1.29, 1.82) is 0 Å². The first kappa shape index (κ1) is 12.7. The maximum atomic E-state index is 13.7. The van der Waals surface area contributed by atoms with Crippen molar-refractivity contribution in [3.05, 3.63) is 36.3 Å². The van der Waals surface area contributed by atoms with E-state index in [-0.39, 0.29) is 5.82 Å². The normalized spacial score (nSPS) is 10.8. The smallest absolute Gasteiger partial charge is 0.271 e. The van der Waals surface area contributed by atoms with Gasteiger partial charge in [-0.05, 0) is 17.3 Å². The van der Waals surface area contributed by atoms with Crippen molar-refractivity contribution >= 4 is 17.3 Å². The van der Waals surface area contributed by atoms with Gasteiger partial charge in [-0.2, -0.15) is 4.98 Å². The number of benzene rings is 1. The predicted molar refractivity (Wildman–Crippen MR) is 75.1 cm³/mol. The number of anilines is 1. The van der Waals surface area contributed by atoms with E-state index < -0.39 is 0 Å². The molecule has 2 heterocycles. The molecule has 20 heavy (non-hydrogen) atoms. The summed E-state index contributed by atoms with van der Waals surface area (Å²) in [6, 6.07) is 6.52. The summed E-state index contributed by atoms with van der Waals surface area (Å²) in [5.74, 6) is 0.572. The van der Waals surface area contributed by atoms with Gasteiger partial charge >= 0.3 is 0 Å². The predicted octanol–water partition coefficient (Wildman–Crippen LogP) is 3.07. The molecule has 0 saturated heterocycles. The second-order valence-corrected chi connectivity index (χ2v) is 5.33. The van der Waals surface area contributed by atoms with Crippen LogP contribution in [0, 0.1) is 5.82 Å². The molecule has 1 aromatic carbocycles. The van der Waals surface area contributed by atoms with E-state index in [1.807, 2.05) is 14.1 Å². The molecule has 3 aromatic rings. The molecule has 0 fully saturated rings. The minimum Gasteiger partial charge on any atom is -0.344 e. The SMILES string of the molecule is CN(C)c1noc(-c2cnc(-c3ccccc3F)s2)n1. The molecular formula is C13H11FN4OS. The molecule has 0 N–H and O–H groups in total. The average Bonchev–Trinajstić information content (AvgIpc) is 3.08. The molecule has 7 heteroatoms. The third-order valence-electron chi connectivity index (χ3n) is 2.64. The quantitative estimate of drug-likeness (QED) is 0.742. The average molecular weight is 290 g/mol. The second kappa shape index (κ2) is 5.01. The molecular weight excluding hydrogens is 279 g/mol. The summed E-state index contributed by atoms with van der Waals surface area (Å²) in [6.45, 7) is 0. The summed E-state index contributed by atoms with van der Waals surface area (Å²) in [7, 11) is 3.65. The lowest BCUT2D eigenvalue weighted by molar-refractivity contribution is 0.431. The van der Waals surface area contributed by atoms with Crippen LogP contribution in [0.1, 0.15) is 0 Å². The number of thiazole rings is 1. The Kier molecular flexibility index (Phi) is 3.19. The fourth-order valence-corrected chi connectivity index (χ4v) is 2.49. The number of hydrogen-bond donors (Lipinski definition) is 0. The lowest BCUT2D eigenvalue weighted by Crippen LogP contribution is -2.09. The van der Waals surface area contributed by atoms with Gasteiger partial charge < -0.3 is 9.42 Å². The van der Waals surface area contributed by atoms with Gasteiger partial charge in [-0.15, -0.1) is 11.3 Å². The van der Waals surface area contributed by atoms with E-state index in [4.69, 9.17) is 4.52 Å². The lowest BCUT2D eigenvalue weighted by Gasteiger charge is -2.02. The van der Waals surface area contributed by atoms with Crippen molar-refractivity contribution in [2.24, 2.45) is 0 Å². The maximum Gasteiger partial charge on any atom is 0.271 e. The summed E-state index contributed by atoms with van der Waals surface area (Å²) in [4.78, 5) is 10.9. The Morgan fingerprint density at radius 3 is 2.75 bits per heavy atom. The summed E-state index contributed by atoms with van der Waals surface area (Å²) in [6.07, 6.45) is 1.61. The fraction of sp³-hybridized carbons (Fsp3) is 0.154. The number of halogens is 1. The van der Waals surface area contributed by atoms with Crippen LogP contribution in [0.5, 0.6) is 0 Å². The largest absolute Gasteiger partial charge is 0.344 e. The van der Waals surface area contributed by atoms with Gasteiger partial charge in [-0.1, -0.05) is 12.1 Å². The van der Waals surface area contributed by atoms with Crippen molar-refractivity contribution in [2.75, 3.05) is 19.0 Å². The minimum atomic E-state index is -0.298. The van der Waals surface area contributed by atoms with E-state index in [1.165, 1.54) is 17.4 Å². The van der Waals surface area contributed by atoms with Crippen molar-refractivity contribution in [3.63, 3.8) is 0 Å². The van der Waals surface area contributed by atoms with Gasteiger partial charge in [0.2, 0.25) is 0 Å². The van der Waals surface area contributed by atoms with Crippen molar-refractivity contribution < 1.29 is 8.91 Å². The van der Waals surface area contributed by atoms with E-state index >= 15 is 0 Å². The molecule has 0 saturated carbocycles. The van der Waals surface area contributed by atoms with Crippen LogP contribution in [0.3, 0.4) is 0 Å². The maximum absolute atomic E-state index is 13.7. The second-order valence-electron chi connectivity index (χ2n) is 4.30. The van der Waals surface area contributed by atoms with Crippen LogP contribution in [0.2, 0.25) is 0 Å². The zero-order valence-corrected chi connectivity index (χ0v) is 11.7. The van der Waals surface area contributed by atoms with Crippen LogP contribution in [-0.2, 0) is 0 Å². The van der Waals surface area contributed by atoms with Crippen LogP contribution < -0.4 is 4.90 Å².